The topological polar surface area (TPSA) is 32.3 Å². The summed E-state index contributed by atoms with van der Waals surface area (Å²) < 4.78 is 0. The zero-order chi connectivity index (χ0) is 11.5. The Labute approximate surface area is 101 Å². The van der Waals surface area contributed by atoms with Crippen molar-refractivity contribution in [3.8, 4) is 0 Å². The second-order valence-corrected chi connectivity index (χ2v) is 5.48. The molecule has 1 aliphatic heterocycles. The monoisotopic (exact) mass is 228 g/mol. The van der Waals surface area contributed by atoms with Gasteiger partial charge in [-0.05, 0) is 31.2 Å². The van der Waals surface area contributed by atoms with Gasteiger partial charge in [0.25, 0.3) is 0 Å². The fourth-order valence-electron chi connectivity index (χ4n) is 2.85. The number of rotatable bonds is 2. The summed E-state index contributed by atoms with van der Waals surface area (Å²) in [6.07, 6.45) is 4.48. The van der Waals surface area contributed by atoms with Crippen LogP contribution in [0, 0.1) is 0 Å². The van der Waals surface area contributed by atoms with Crippen molar-refractivity contribution in [1.29, 1.82) is 0 Å². The Bertz CT molecular complexity index is 462. The average molecular weight is 228 g/mol. The van der Waals surface area contributed by atoms with E-state index < -0.39 is 0 Å². The van der Waals surface area contributed by atoms with E-state index in [2.05, 4.69) is 22.3 Å². The molecule has 1 heterocycles. The predicted octanol–water partition coefficient (Wildman–Crippen LogP) is 1.81. The van der Waals surface area contributed by atoms with Crippen LogP contribution in [0.2, 0.25) is 0 Å². The van der Waals surface area contributed by atoms with Crippen molar-refractivity contribution in [2.75, 3.05) is 0 Å². The number of hydrogen-bond acceptors (Lipinski definition) is 2. The predicted molar refractivity (Wildman–Crippen MR) is 64.2 cm³/mol. The lowest BCUT2D eigenvalue weighted by atomic mass is 10.1. The van der Waals surface area contributed by atoms with Crippen LogP contribution in [0.5, 0.6) is 0 Å². The molecule has 1 unspecified atom stereocenters. The standard InChI is InChI=1S/C14H16N2O/c17-13-14(8-9-14)15-12(16(13)11-6-7-11)10-4-2-1-3-5-10/h1-5,11-12,15H,6-9H2. The summed E-state index contributed by atoms with van der Waals surface area (Å²) in [6.45, 7) is 0. The van der Waals surface area contributed by atoms with Gasteiger partial charge in [-0.1, -0.05) is 30.3 Å². The molecule has 3 fully saturated rings. The SMILES string of the molecule is O=C1N(C2CC2)C(c2ccccc2)NC12CC2. The minimum absolute atomic E-state index is 0.110. The summed E-state index contributed by atoms with van der Waals surface area (Å²) in [5, 5.41) is 3.56. The van der Waals surface area contributed by atoms with E-state index >= 15 is 0 Å². The Morgan fingerprint density at radius 1 is 1.18 bits per heavy atom. The Balaban J connectivity index is 1.72. The molecule has 1 aromatic carbocycles. The highest BCUT2D eigenvalue weighted by molar-refractivity contribution is 5.92. The summed E-state index contributed by atoms with van der Waals surface area (Å²) >= 11 is 0. The molecule has 0 bridgehead atoms. The highest BCUT2D eigenvalue weighted by Crippen LogP contribution is 2.49. The first-order valence-corrected chi connectivity index (χ1v) is 6.46. The maximum atomic E-state index is 12.4. The van der Waals surface area contributed by atoms with Gasteiger partial charge in [0.1, 0.15) is 11.7 Å². The van der Waals surface area contributed by atoms with Crippen LogP contribution in [0.1, 0.15) is 37.4 Å². The first kappa shape index (κ1) is 9.66. The highest BCUT2D eigenvalue weighted by Gasteiger charge is 2.61. The third kappa shape index (κ3) is 1.35. The van der Waals surface area contributed by atoms with Gasteiger partial charge in [-0.2, -0.15) is 0 Å². The lowest BCUT2D eigenvalue weighted by molar-refractivity contribution is -0.131. The van der Waals surface area contributed by atoms with E-state index in [1.165, 1.54) is 18.4 Å². The minimum atomic E-state index is -0.191. The number of benzene rings is 1. The second kappa shape index (κ2) is 3.10. The largest absolute Gasteiger partial charge is 0.318 e. The van der Waals surface area contributed by atoms with Gasteiger partial charge >= 0.3 is 0 Å². The Kier molecular flexibility index (Phi) is 1.76. The van der Waals surface area contributed by atoms with Gasteiger partial charge in [-0.3, -0.25) is 10.1 Å². The Hall–Kier alpha value is -1.35. The van der Waals surface area contributed by atoms with Gasteiger partial charge < -0.3 is 4.90 Å². The summed E-state index contributed by atoms with van der Waals surface area (Å²) in [5.74, 6) is 0.342. The van der Waals surface area contributed by atoms with E-state index in [0.29, 0.717) is 11.9 Å². The molecule has 88 valence electrons. The molecule has 1 amide bonds. The number of carbonyl (C=O) groups is 1. The first-order valence-electron chi connectivity index (χ1n) is 6.46. The zero-order valence-electron chi connectivity index (χ0n) is 9.73. The van der Waals surface area contributed by atoms with Crippen LogP contribution in [0.4, 0.5) is 0 Å². The fourth-order valence-corrected chi connectivity index (χ4v) is 2.85. The van der Waals surface area contributed by atoms with E-state index in [4.69, 9.17) is 0 Å². The Morgan fingerprint density at radius 2 is 1.88 bits per heavy atom. The first-order chi connectivity index (χ1) is 8.30. The molecule has 3 heteroatoms. The lowest BCUT2D eigenvalue weighted by Crippen LogP contribution is -2.33. The molecular weight excluding hydrogens is 212 g/mol. The summed E-state index contributed by atoms with van der Waals surface area (Å²) in [4.78, 5) is 14.5. The summed E-state index contributed by atoms with van der Waals surface area (Å²) in [6, 6.07) is 10.8. The molecule has 3 aliphatic rings. The van der Waals surface area contributed by atoms with Crippen LogP contribution in [0.25, 0.3) is 0 Å². The number of nitrogens with zero attached hydrogens (tertiary/aromatic N) is 1. The van der Waals surface area contributed by atoms with E-state index in [1.54, 1.807) is 0 Å². The van der Waals surface area contributed by atoms with Crippen LogP contribution in [-0.4, -0.2) is 22.4 Å². The summed E-state index contributed by atoms with van der Waals surface area (Å²) in [5.41, 5.74) is 1.03. The van der Waals surface area contributed by atoms with Crippen molar-refractivity contribution in [2.24, 2.45) is 0 Å². The smallest absolute Gasteiger partial charge is 0.244 e. The highest BCUT2D eigenvalue weighted by atomic mass is 16.2. The van der Waals surface area contributed by atoms with Crippen molar-refractivity contribution in [1.82, 2.24) is 10.2 Å². The van der Waals surface area contributed by atoms with Gasteiger partial charge in [0.15, 0.2) is 0 Å². The van der Waals surface area contributed by atoms with Crippen LogP contribution < -0.4 is 5.32 Å². The molecule has 2 aliphatic carbocycles. The van der Waals surface area contributed by atoms with Gasteiger partial charge in [-0.15, -0.1) is 0 Å². The van der Waals surface area contributed by atoms with Crippen LogP contribution in [0.15, 0.2) is 30.3 Å². The fraction of sp³-hybridized carbons (Fsp3) is 0.500. The normalized spacial score (nSPS) is 30.0. The van der Waals surface area contributed by atoms with Crippen molar-refractivity contribution >= 4 is 5.91 Å². The third-order valence-electron chi connectivity index (χ3n) is 4.14. The number of amides is 1. The van der Waals surface area contributed by atoms with E-state index in [1.807, 2.05) is 18.2 Å². The summed E-state index contributed by atoms with van der Waals surface area (Å²) in [7, 11) is 0. The van der Waals surface area contributed by atoms with Crippen LogP contribution >= 0.6 is 0 Å². The average Bonchev–Trinajstić information content (AvgIpc) is 3.23. The number of carbonyl (C=O) groups excluding carboxylic acids is 1. The maximum Gasteiger partial charge on any atom is 0.244 e. The van der Waals surface area contributed by atoms with Crippen molar-refractivity contribution in [3.63, 3.8) is 0 Å². The van der Waals surface area contributed by atoms with E-state index in [0.717, 1.165) is 12.8 Å². The molecular formula is C14H16N2O. The quantitative estimate of drug-likeness (QED) is 0.837. The molecule has 4 rings (SSSR count). The zero-order valence-corrected chi connectivity index (χ0v) is 9.73. The maximum absolute atomic E-state index is 12.4. The molecule has 0 aromatic heterocycles. The molecule has 1 spiro atoms. The van der Waals surface area contributed by atoms with E-state index in [9.17, 15) is 4.79 Å². The van der Waals surface area contributed by atoms with Crippen LogP contribution in [-0.2, 0) is 4.79 Å². The number of hydrogen-bond donors (Lipinski definition) is 1. The van der Waals surface area contributed by atoms with Crippen LogP contribution in [0.3, 0.4) is 0 Å². The third-order valence-corrected chi connectivity index (χ3v) is 4.14. The van der Waals surface area contributed by atoms with E-state index in [-0.39, 0.29) is 11.7 Å². The van der Waals surface area contributed by atoms with Crippen molar-refractivity contribution in [2.45, 2.75) is 43.4 Å². The van der Waals surface area contributed by atoms with Gasteiger partial charge in [0.2, 0.25) is 5.91 Å². The number of nitrogens with one attached hydrogen (secondary N) is 1. The molecule has 2 saturated carbocycles. The van der Waals surface area contributed by atoms with Gasteiger partial charge in [0.05, 0.1) is 0 Å². The molecule has 1 saturated heterocycles. The van der Waals surface area contributed by atoms with Crippen molar-refractivity contribution < 1.29 is 4.79 Å². The van der Waals surface area contributed by atoms with Crippen molar-refractivity contribution in [3.05, 3.63) is 35.9 Å². The molecule has 17 heavy (non-hydrogen) atoms. The Morgan fingerprint density at radius 3 is 2.47 bits per heavy atom. The molecule has 1 aromatic rings. The molecule has 1 atom stereocenters. The van der Waals surface area contributed by atoms with Gasteiger partial charge in [0, 0.05) is 6.04 Å². The van der Waals surface area contributed by atoms with Gasteiger partial charge in [-0.25, -0.2) is 0 Å². The second-order valence-electron chi connectivity index (χ2n) is 5.48. The minimum Gasteiger partial charge on any atom is -0.318 e. The molecule has 3 nitrogen and oxygen atoms in total. The lowest BCUT2D eigenvalue weighted by Gasteiger charge is -2.24. The molecule has 1 N–H and O–H groups in total. The molecule has 0 radical (unpaired) electrons.